The lowest BCUT2D eigenvalue weighted by atomic mass is 9.83. The summed E-state index contributed by atoms with van der Waals surface area (Å²) in [5.74, 6) is 0.409. The van der Waals surface area contributed by atoms with E-state index in [9.17, 15) is 9.36 Å². The quantitative estimate of drug-likeness (QED) is 0.730. The molecule has 0 aromatic carbocycles. The Morgan fingerprint density at radius 2 is 1.90 bits per heavy atom. The highest BCUT2D eigenvalue weighted by Crippen LogP contribution is 2.30. The molecule has 0 spiro atoms. The van der Waals surface area contributed by atoms with Gasteiger partial charge in [-0.05, 0) is 39.5 Å². The van der Waals surface area contributed by atoms with Crippen molar-refractivity contribution in [3.8, 4) is 0 Å². The molecule has 0 bridgehead atoms. The Kier molecular flexibility index (Phi) is 7.04. The Bertz CT molecular complexity index is 324. The van der Waals surface area contributed by atoms with Crippen molar-refractivity contribution in [1.82, 2.24) is 4.90 Å². The van der Waals surface area contributed by atoms with Crippen molar-refractivity contribution in [1.29, 1.82) is 0 Å². The zero-order chi connectivity index (χ0) is 15.2. The maximum Gasteiger partial charge on any atom is 0.410 e. The molecule has 0 aliphatic heterocycles. The molecule has 2 unspecified atom stereocenters. The van der Waals surface area contributed by atoms with Crippen LogP contribution in [0.15, 0.2) is 0 Å². The summed E-state index contributed by atoms with van der Waals surface area (Å²) in [6, 6.07) is -0.0494. The molecule has 0 radical (unpaired) electrons. The predicted molar refractivity (Wildman–Crippen MR) is 80.7 cm³/mol. The maximum absolute atomic E-state index is 12.2. The highest BCUT2D eigenvalue weighted by Gasteiger charge is 2.32. The zero-order valence-electron chi connectivity index (χ0n) is 13.1. The van der Waals surface area contributed by atoms with Crippen LogP contribution in [0.25, 0.3) is 0 Å². The SMILES string of the molecule is CN(C(=O)OC(C)(C)C)C(CO[PH2]=O)C1CCCCC1. The van der Waals surface area contributed by atoms with Crippen molar-refractivity contribution < 1.29 is 18.6 Å². The highest BCUT2D eigenvalue weighted by atomic mass is 31.1. The number of amides is 1. The van der Waals surface area contributed by atoms with E-state index in [0.717, 1.165) is 12.8 Å². The lowest BCUT2D eigenvalue weighted by Crippen LogP contribution is -2.47. The van der Waals surface area contributed by atoms with Gasteiger partial charge in [-0.25, -0.2) is 4.79 Å². The molecule has 0 aromatic heterocycles. The Labute approximate surface area is 123 Å². The van der Waals surface area contributed by atoms with Gasteiger partial charge >= 0.3 is 6.09 Å². The van der Waals surface area contributed by atoms with E-state index < -0.39 is 14.3 Å². The summed E-state index contributed by atoms with van der Waals surface area (Å²) in [5.41, 5.74) is -0.507. The van der Waals surface area contributed by atoms with Gasteiger partial charge in [0.1, 0.15) is 5.60 Å². The monoisotopic (exact) mass is 305 g/mol. The fourth-order valence-electron chi connectivity index (χ4n) is 2.69. The first-order valence-corrected chi connectivity index (χ1v) is 8.30. The molecule has 0 N–H and O–H groups in total. The van der Waals surface area contributed by atoms with Gasteiger partial charge in [0.15, 0.2) is 8.69 Å². The van der Waals surface area contributed by atoms with Crippen LogP contribution in [0, 0.1) is 5.92 Å². The van der Waals surface area contributed by atoms with E-state index in [1.165, 1.54) is 19.3 Å². The van der Waals surface area contributed by atoms with Gasteiger partial charge in [-0.15, -0.1) is 0 Å². The third kappa shape index (κ3) is 5.84. The van der Waals surface area contributed by atoms with Crippen LogP contribution in [0.5, 0.6) is 0 Å². The topological polar surface area (TPSA) is 55.8 Å². The highest BCUT2D eigenvalue weighted by molar-refractivity contribution is 7.17. The van der Waals surface area contributed by atoms with E-state index in [1.807, 2.05) is 20.8 Å². The third-order valence-electron chi connectivity index (χ3n) is 3.71. The van der Waals surface area contributed by atoms with Crippen molar-refractivity contribution in [3.05, 3.63) is 0 Å². The minimum atomic E-state index is -1.24. The first-order valence-electron chi connectivity index (χ1n) is 7.36. The van der Waals surface area contributed by atoms with Gasteiger partial charge in [0.05, 0.1) is 12.6 Å². The minimum Gasteiger partial charge on any atom is -0.444 e. The number of ether oxygens (including phenoxy) is 1. The van der Waals surface area contributed by atoms with Gasteiger partial charge in [-0.2, -0.15) is 0 Å². The maximum atomic E-state index is 12.2. The van der Waals surface area contributed by atoms with E-state index in [4.69, 9.17) is 9.26 Å². The molecule has 0 aromatic rings. The van der Waals surface area contributed by atoms with Crippen LogP contribution < -0.4 is 0 Å². The first-order chi connectivity index (χ1) is 9.35. The Morgan fingerprint density at radius 3 is 2.40 bits per heavy atom. The lowest BCUT2D eigenvalue weighted by molar-refractivity contribution is 0.00756. The normalized spacial score (nSPS) is 19.2. The number of carbonyl (C=O) groups excluding carboxylic acids is 1. The van der Waals surface area contributed by atoms with Crippen LogP contribution in [-0.2, 0) is 13.8 Å². The second kappa shape index (κ2) is 8.04. The van der Waals surface area contributed by atoms with Crippen LogP contribution in [0.1, 0.15) is 52.9 Å². The summed E-state index contributed by atoms with van der Waals surface area (Å²) >= 11 is 0. The van der Waals surface area contributed by atoms with Crippen LogP contribution in [-0.4, -0.2) is 36.3 Å². The average Bonchev–Trinajstić information content (AvgIpc) is 2.38. The summed E-state index contributed by atoms with van der Waals surface area (Å²) < 4.78 is 21.2. The fraction of sp³-hybridized carbons (Fsp3) is 0.929. The van der Waals surface area contributed by atoms with E-state index in [2.05, 4.69) is 0 Å². The molecule has 2 atom stereocenters. The number of rotatable bonds is 5. The minimum absolute atomic E-state index is 0.0494. The lowest BCUT2D eigenvalue weighted by Gasteiger charge is -2.36. The summed E-state index contributed by atoms with van der Waals surface area (Å²) in [5, 5.41) is 0. The molecule has 5 nitrogen and oxygen atoms in total. The van der Waals surface area contributed by atoms with E-state index >= 15 is 0 Å². The van der Waals surface area contributed by atoms with Crippen molar-refractivity contribution in [2.24, 2.45) is 5.92 Å². The van der Waals surface area contributed by atoms with Crippen molar-refractivity contribution in [3.63, 3.8) is 0 Å². The van der Waals surface area contributed by atoms with Crippen molar-refractivity contribution >= 4 is 14.8 Å². The molecule has 1 rings (SSSR count). The molecule has 1 fully saturated rings. The van der Waals surface area contributed by atoms with Gasteiger partial charge in [0.25, 0.3) is 0 Å². The smallest absolute Gasteiger partial charge is 0.410 e. The molecule has 20 heavy (non-hydrogen) atoms. The molecule has 0 saturated heterocycles. The number of carbonyl (C=O) groups is 1. The molecule has 118 valence electrons. The number of hydrogen-bond donors (Lipinski definition) is 0. The predicted octanol–water partition coefficient (Wildman–Crippen LogP) is 3.49. The van der Waals surface area contributed by atoms with Crippen LogP contribution in [0.2, 0.25) is 0 Å². The fourth-order valence-corrected chi connectivity index (χ4v) is 2.97. The summed E-state index contributed by atoms with van der Waals surface area (Å²) in [4.78, 5) is 13.8. The Balaban J connectivity index is 2.69. The number of nitrogens with zero attached hydrogens (tertiary/aromatic N) is 1. The second-order valence-electron chi connectivity index (χ2n) is 6.49. The number of likely N-dealkylation sites (N-methyl/N-ethyl adjacent to an activating group) is 1. The molecule has 1 aliphatic carbocycles. The molecular formula is C14H28NO4P. The number of hydrogen-bond acceptors (Lipinski definition) is 4. The summed E-state index contributed by atoms with van der Waals surface area (Å²) in [7, 11) is 0.511. The van der Waals surface area contributed by atoms with Gasteiger partial charge in [0, 0.05) is 7.05 Å². The van der Waals surface area contributed by atoms with E-state index in [-0.39, 0.29) is 12.1 Å². The van der Waals surface area contributed by atoms with Crippen LogP contribution in [0.3, 0.4) is 0 Å². The van der Waals surface area contributed by atoms with Crippen molar-refractivity contribution in [2.45, 2.75) is 64.5 Å². The molecule has 1 amide bonds. The summed E-state index contributed by atoms with van der Waals surface area (Å²) in [6.07, 6.45) is 5.48. The summed E-state index contributed by atoms with van der Waals surface area (Å²) in [6.45, 7) is 5.89. The van der Waals surface area contributed by atoms with E-state index in [0.29, 0.717) is 12.5 Å². The standard InChI is InChI=1S/C14H28NO4P/c1-14(2,3)19-13(16)15(4)12(10-18-20-17)11-8-6-5-7-9-11/h11-12H,5-10,20H2,1-4H3. The Hall–Kier alpha value is -0.540. The average molecular weight is 305 g/mol. The zero-order valence-corrected chi connectivity index (χ0v) is 14.2. The molecule has 0 heterocycles. The van der Waals surface area contributed by atoms with Crippen LogP contribution in [0.4, 0.5) is 4.79 Å². The van der Waals surface area contributed by atoms with Gasteiger partial charge in [-0.3, -0.25) is 4.57 Å². The van der Waals surface area contributed by atoms with Gasteiger partial charge in [-0.1, -0.05) is 19.3 Å². The Morgan fingerprint density at radius 1 is 1.30 bits per heavy atom. The first kappa shape index (κ1) is 17.5. The molecular weight excluding hydrogens is 277 g/mol. The van der Waals surface area contributed by atoms with E-state index in [1.54, 1.807) is 11.9 Å². The molecule has 6 heteroatoms. The third-order valence-corrected chi connectivity index (χ3v) is 4.04. The van der Waals surface area contributed by atoms with Gasteiger partial charge < -0.3 is 14.2 Å². The second-order valence-corrected chi connectivity index (χ2v) is 7.01. The molecule has 1 aliphatic rings. The largest absolute Gasteiger partial charge is 0.444 e. The van der Waals surface area contributed by atoms with Gasteiger partial charge in [0.2, 0.25) is 0 Å². The van der Waals surface area contributed by atoms with Crippen molar-refractivity contribution in [2.75, 3.05) is 13.7 Å². The molecule has 1 saturated carbocycles. The van der Waals surface area contributed by atoms with Crippen LogP contribution >= 0.6 is 8.69 Å².